The van der Waals surface area contributed by atoms with Crippen LogP contribution < -0.4 is 0 Å². The molecule has 4 heterocycles. The summed E-state index contributed by atoms with van der Waals surface area (Å²) in [7, 11) is 2.69. The van der Waals surface area contributed by atoms with Gasteiger partial charge in [0, 0.05) is 30.6 Å². The van der Waals surface area contributed by atoms with Crippen LogP contribution in [0, 0.1) is 5.92 Å². The van der Waals surface area contributed by atoms with Crippen molar-refractivity contribution in [3.05, 3.63) is 60.4 Å². The van der Waals surface area contributed by atoms with E-state index in [-0.39, 0.29) is 31.0 Å². The molecule has 3 aliphatic heterocycles. The van der Waals surface area contributed by atoms with E-state index >= 15 is 0 Å². The molecule has 10 nitrogen and oxygen atoms in total. The summed E-state index contributed by atoms with van der Waals surface area (Å²) in [5.41, 5.74) is 2.75. The van der Waals surface area contributed by atoms with E-state index in [9.17, 15) is 14.4 Å². The molecule has 10 heteroatoms. The second-order valence-corrected chi connectivity index (χ2v) is 10.0. The Labute approximate surface area is 219 Å². The Morgan fingerprint density at radius 3 is 2.39 bits per heavy atom. The molecule has 0 saturated carbocycles. The highest BCUT2D eigenvalue weighted by molar-refractivity contribution is 6.16. The normalized spacial score (nSPS) is 20.2. The fourth-order valence-corrected chi connectivity index (χ4v) is 5.59. The average molecular weight is 517 g/mol. The number of ether oxygens (including phenoxy) is 2. The maximum atomic E-state index is 13.7. The van der Waals surface area contributed by atoms with E-state index < -0.39 is 11.6 Å². The van der Waals surface area contributed by atoms with Crippen LogP contribution in [0.1, 0.15) is 12.0 Å². The average Bonchev–Trinajstić information content (AvgIpc) is 3.65. The standard InChI is InChI=1S/C28H28N4O6/c1-36-26(34)30-11-9-18(14-30)15-32-24(29-28(25(32)33)16-31(17-28)27(35)37-2)20-5-3-19(4-6-20)21-7-8-23-22(13-21)10-12-38-23/h3-8,10,12-13,18H,9,11,14-17H2,1-2H3. The highest BCUT2D eigenvalue weighted by Crippen LogP contribution is 2.36. The molecule has 1 atom stereocenters. The van der Waals surface area contributed by atoms with Crippen LogP contribution in [0.2, 0.25) is 0 Å². The molecule has 2 fully saturated rings. The van der Waals surface area contributed by atoms with Crippen LogP contribution in [0.4, 0.5) is 9.59 Å². The van der Waals surface area contributed by atoms with E-state index in [2.05, 4.69) is 6.07 Å². The summed E-state index contributed by atoms with van der Waals surface area (Å²) in [4.78, 5) is 47.5. The third-order valence-corrected chi connectivity index (χ3v) is 7.64. The number of hydrogen-bond donors (Lipinski definition) is 0. The third kappa shape index (κ3) is 3.96. The highest BCUT2D eigenvalue weighted by atomic mass is 16.5. The molecular weight excluding hydrogens is 488 g/mol. The molecule has 3 aliphatic rings. The molecule has 1 unspecified atom stereocenters. The number of methoxy groups -OCH3 is 2. The molecule has 196 valence electrons. The van der Waals surface area contributed by atoms with Crippen molar-refractivity contribution in [3.8, 4) is 11.1 Å². The van der Waals surface area contributed by atoms with Crippen LogP contribution in [0.3, 0.4) is 0 Å². The Hall–Kier alpha value is -4.34. The van der Waals surface area contributed by atoms with E-state index in [0.29, 0.717) is 25.5 Å². The first kappa shape index (κ1) is 24.0. The van der Waals surface area contributed by atoms with Gasteiger partial charge in [-0.1, -0.05) is 30.3 Å². The first-order valence-electron chi connectivity index (χ1n) is 12.6. The van der Waals surface area contributed by atoms with Crippen LogP contribution in [0.5, 0.6) is 0 Å². The maximum Gasteiger partial charge on any atom is 0.409 e. The molecule has 0 radical (unpaired) electrons. The van der Waals surface area contributed by atoms with Crippen LogP contribution in [0.25, 0.3) is 22.1 Å². The Kier molecular flexibility index (Phi) is 5.81. The van der Waals surface area contributed by atoms with E-state index in [1.807, 2.05) is 42.5 Å². The van der Waals surface area contributed by atoms with Crippen LogP contribution in [0.15, 0.2) is 64.2 Å². The molecule has 0 aliphatic carbocycles. The lowest BCUT2D eigenvalue weighted by Gasteiger charge is -2.43. The van der Waals surface area contributed by atoms with Gasteiger partial charge in [0.25, 0.3) is 5.91 Å². The number of nitrogens with zero attached hydrogens (tertiary/aromatic N) is 4. The molecule has 2 saturated heterocycles. The van der Waals surface area contributed by atoms with E-state index in [0.717, 1.165) is 34.1 Å². The summed E-state index contributed by atoms with van der Waals surface area (Å²) < 4.78 is 15.1. The number of likely N-dealkylation sites (tertiary alicyclic amines) is 2. The van der Waals surface area contributed by atoms with Gasteiger partial charge in [0.1, 0.15) is 11.4 Å². The van der Waals surface area contributed by atoms with Gasteiger partial charge in [0.15, 0.2) is 5.54 Å². The van der Waals surface area contributed by atoms with E-state index in [4.69, 9.17) is 18.9 Å². The Bertz CT molecular complexity index is 1440. The van der Waals surface area contributed by atoms with Gasteiger partial charge in [0.2, 0.25) is 0 Å². The Balaban J connectivity index is 1.27. The SMILES string of the molecule is COC(=O)N1CCC(CN2C(=O)C3(CN(C(=O)OC)C3)N=C2c2ccc(-c3ccc4occc4c3)cc2)C1. The van der Waals surface area contributed by atoms with Crippen molar-refractivity contribution in [1.29, 1.82) is 0 Å². The molecule has 3 aromatic rings. The number of amides is 3. The Morgan fingerprint density at radius 2 is 1.66 bits per heavy atom. The monoisotopic (exact) mass is 516 g/mol. The van der Waals surface area contributed by atoms with Crippen molar-refractivity contribution in [2.24, 2.45) is 10.9 Å². The second-order valence-electron chi connectivity index (χ2n) is 10.0. The smallest absolute Gasteiger partial charge is 0.409 e. The number of hydrogen-bond acceptors (Lipinski definition) is 7. The number of amidine groups is 1. The number of rotatable bonds is 4. The highest BCUT2D eigenvalue weighted by Gasteiger charge is 2.58. The van der Waals surface area contributed by atoms with Gasteiger partial charge in [-0.3, -0.25) is 9.69 Å². The fourth-order valence-electron chi connectivity index (χ4n) is 5.59. The number of carbonyl (C=O) groups excluding carboxylic acids is 3. The quantitative estimate of drug-likeness (QED) is 0.525. The molecule has 1 aromatic heterocycles. The summed E-state index contributed by atoms with van der Waals surface area (Å²) in [5.74, 6) is 0.558. The molecule has 0 N–H and O–H groups in total. The maximum absolute atomic E-state index is 13.7. The van der Waals surface area contributed by atoms with Crippen molar-refractivity contribution in [3.63, 3.8) is 0 Å². The second kappa shape index (κ2) is 9.20. The molecule has 2 aromatic carbocycles. The zero-order valence-corrected chi connectivity index (χ0v) is 21.3. The number of aliphatic imine (C=N–C) groups is 1. The molecule has 38 heavy (non-hydrogen) atoms. The number of furan rings is 1. The minimum atomic E-state index is -1.00. The molecular formula is C28H28N4O6. The summed E-state index contributed by atoms with van der Waals surface area (Å²) in [6.07, 6.45) is 1.61. The van der Waals surface area contributed by atoms with Crippen molar-refractivity contribution in [2.45, 2.75) is 12.0 Å². The van der Waals surface area contributed by atoms with Gasteiger partial charge in [-0.25, -0.2) is 14.6 Å². The fraction of sp³-hybridized carbons (Fsp3) is 0.357. The third-order valence-electron chi connectivity index (χ3n) is 7.64. The van der Waals surface area contributed by atoms with E-state index in [1.54, 1.807) is 16.1 Å². The van der Waals surface area contributed by atoms with Crippen molar-refractivity contribution in [1.82, 2.24) is 14.7 Å². The van der Waals surface area contributed by atoms with Crippen LogP contribution in [-0.2, 0) is 14.3 Å². The first-order chi connectivity index (χ1) is 18.4. The summed E-state index contributed by atoms with van der Waals surface area (Å²) in [6.45, 7) is 1.90. The number of fused-ring (bicyclic) bond motifs is 1. The largest absolute Gasteiger partial charge is 0.464 e. The van der Waals surface area contributed by atoms with Crippen molar-refractivity contribution in [2.75, 3.05) is 46.9 Å². The first-order valence-corrected chi connectivity index (χ1v) is 12.6. The van der Waals surface area contributed by atoms with Crippen LogP contribution in [-0.4, -0.2) is 91.1 Å². The lowest BCUT2D eigenvalue weighted by Crippen LogP contribution is -2.66. The summed E-state index contributed by atoms with van der Waals surface area (Å²) in [5, 5.41) is 1.03. The zero-order valence-electron chi connectivity index (χ0n) is 21.3. The minimum absolute atomic E-state index is 0.0937. The lowest BCUT2D eigenvalue weighted by atomic mass is 9.90. The minimum Gasteiger partial charge on any atom is -0.464 e. The zero-order chi connectivity index (χ0) is 26.4. The van der Waals surface area contributed by atoms with Crippen LogP contribution >= 0.6 is 0 Å². The topological polar surface area (TPSA) is 105 Å². The van der Waals surface area contributed by atoms with Crippen molar-refractivity contribution >= 4 is 34.9 Å². The predicted molar refractivity (Wildman–Crippen MR) is 139 cm³/mol. The Morgan fingerprint density at radius 1 is 0.974 bits per heavy atom. The van der Waals surface area contributed by atoms with Gasteiger partial charge in [0.05, 0.1) is 33.6 Å². The number of benzene rings is 2. The molecule has 6 rings (SSSR count). The van der Waals surface area contributed by atoms with Gasteiger partial charge < -0.3 is 23.7 Å². The van der Waals surface area contributed by atoms with Crippen molar-refractivity contribution < 1.29 is 28.3 Å². The summed E-state index contributed by atoms with van der Waals surface area (Å²) in [6, 6.07) is 16.0. The number of carbonyl (C=O) groups is 3. The molecule has 1 spiro atoms. The molecule has 0 bridgehead atoms. The summed E-state index contributed by atoms with van der Waals surface area (Å²) >= 11 is 0. The lowest BCUT2D eigenvalue weighted by molar-refractivity contribution is -0.136. The van der Waals surface area contributed by atoms with E-state index in [1.165, 1.54) is 19.1 Å². The predicted octanol–water partition coefficient (Wildman–Crippen LogP) is 3.60. The molecule has 3 amide bonds. The van der Waals surface area contributed by atoms with Gasteiger partial charge in [-0.05, 0) is 41.7 Å². The van der Waals surface area contributed by atoms with Gasteiger partial charge >= 0.3 is 12.2 Å². The van der Waals surface area contributed by atoms with Gasteiger partial charge in [-0.15, -0.1) is 0 Å². The van der Waals surface area contributed by atoms with Gasteiger partial charge in [-0.2, -0.15) is 0 Å².